The van der Waals surface area contributed by atoms with Gasteiger partial charge in [0.15, 0.2) is 0 Å². The highest BCUT2D eigenvalue weighted by atomic mass is 35.5. The Hall–Kier alpha value is 0.250. The van der Waals surface area contributed by atoms with E-state index in [1.807, 2.05) is 11.5 Å². The third kappa shape index (κ3) is 4.13. The zero-order chi connectivity index (χ0) is 7.98. The predicted molar refractivity (Wildman–Crippen MR) is 47.2 cm³/mol. The lowest BCUT2D eigenvalue weighted by Crippen LogP contribution is -2.22. The van der Waals surface area contributed by atoms with Crippen LogP contribution in [0.2, 0.25) is 0 Å². The molecule has 0 amide bonds. The van der Waals surface area contributed by atoms with Crippen molar-refractivity contribution in [3.8, 4) is 0 Å². The van der Waals surface area contributed by atoms with Crippen LogP contribution in [0.3, 0.4) is 0 Å². The first kappa shape index (κ1) is 10.2. The molecular weight excluding hydrogens is 146 g/mol. The number of nitrogens with zero attached hydrogens (tertiary/aromatic N) is 1. The summed E-state index contributed by atoms with van der Waals surface area (Å²) < 4.78 is 1.81. The molecule has 0 fully saturated rings. The van der Waals surface area contributed by atoms with Crippen LogP contribution in [0.4, 0.5) is 0 Å². The summed E-state index contributed by atoms with van der Waals surface area (Å²) >= 11 is 5.83. The fourth-order valence-corrected chi connectivity index (χ4v) is 1.36. The third-order valence-corrected chi connectivity index (χ3v) is 2.02. The van der Waals surface area contributed by atoms with Gasteiger partial charge in [-0.05, 0) is 24.6 Å². The third-order valence-electron chi connectivity index (χ3n) is 1.75. The zero-order valence-electron chi connectivity index (χ0n) is 7.23. The van der Waals surface area contributed by atoms with Crippen LogP contribution < -0.4 is 0 Å². The molecule has 0 spiro atoms. The minimum absolute atomic E-state index is 0.580. The quantitative estimate of drug-likeness (QED) is 0.564. The van der Waals surface area contributed by atoms with Gasteiger partial charge in [0.25, 0.3) is 0 Å². The molecule has 0 atom stereocenters. The maximum absolute atomic E-state index is 5.83. The van der Waals surface area contributed by atoms with Gasteiger partial charge in [-0.2, -0.15) is 0 Å². The summed E-state index contributed by atoms with van der Waals surface area (Å²) in [5.74, 6) is 0. The van der Waals surface area contributed by atoms with Crippen LogP contribution in [-0.2, 0) is 0 Å². The number of halogens is 1. The molecule has 2 heteroatoms. The summed E-state index contributed by atoms with van der Waals surface area (Å²) in [6, 6.07) is 0.580. The van der Waals surface area contributed by atoms with Crippen LogP contribution >= 0.6 is 11.8 Å². The normalized spacial score (nSPS) is 11.4. The first-order valence-electron chi connectivity index (χ1n) is 4.11. The molecule has 0 saturated carbocycles. The summed E-state index contributed by atoms with van der Waals surface area (Å²) in [7, 11) is 1.94. The van der Waals surface area contributed by atoms with E-state index in [-0.39, 0.29) is 0 Å². The van der Waals surface area contributed by atoms with Crippen LogP contribution in [0.15, 0.2) is 0 Å². The minimum Gasteiger partial charge on any atom is -0.220 e. The van der Waals surface area contributed by atoms with E-state index in [4.69, 9.17) is 11.8 Å². The molecule has 0 aliphatic heterocycles. The van der Waals surface area contributed by atoms with E-state index in [2.05, 4.69) is 13.8 Å². The molecule has 0 radical (unpaired) electrons. The van der Waals surface area contributed by atoms with E-state index < -0.39 is 0 Å². The van der Waals surface area contributed by atoms with Gasteiger partial charge >= 0.3 is 0 Å². The van der Waals surface area contributed by atoms with Gasteiger partial charge < -0.3 is 0 Å². The van der Waals surface area contributed by atoms with E-state index in [0.717, 1.165) is 0 Å². The van der Waals surface area contributed by atoms with Gasteiger partial charge in [0, 0.05) is 13.1 Å². The fraction of sp³-hybridized carbons (Fsp3) is 1.00. The molecule has 0 heterocycles. The lowest BCUT2D eigenvalue weighted by Gasteiger charge is -2.20. The van der Waals surface area contributed by atoms with Crippen LogP contribution in [0, 0.1) is 0 Å². The van der Waals surface area contributed by atoms with Crippen molar-refractivity contribution in [1.82, 2.24) is 4.42 Å². The topological polar surface area (TPSA) is 3.24 Å². The Balaban J connectivity index is 3.50. The molecule has 0 saturated heterocycles. The minimum atomic E-state index is 0.580. The zero-order valence-corrected chi connectivity index (χ0v) is 7.99. The first-order chi connectivity index (χ1) is 4.72. The van der Waals surface area contributed by atoms with E-state index in [9.17, 15) is 0 Å². The lowest BCUT2D eigenvalue weighted by atomic mass is 10.1. The molecule has 0 aliphatic carbocycles. The molecule has 1 nitrogen and oxygen atoms in total. The summed E-state index contributed by atoms with van der Waals surface area (Å²) in [5, 5.41) is 0. The lowest BCUT2D eigenvalue weighted by molar-refractivity contribution is 0.345. The van der Waals surface area contributed by atoms with Crippen molar-refractivity contribution < 1.29 is 0 Å². The highest BCUT2D eigenvalue weighted by molar-refractivity contribution is 6.13. The van der Waals surface area contributed by atoms with Crippen molar-refractivity contribution in [2.75, 3.05) is 7.05 Å². The van der Waals surface area contributed by atoms with Gasteiger partial charge in [0.2, 0.25) is 0 Å². The second kappa shape index (κ2) is 5.99. The van der Waals surface area contributed by atoms with E-state index in [1.165, 1.54) is 25.7 Å². The smallest absolute Gasteiger partial charge is 0.0248 e. The van der Waals surface area contributed by atoms with Crippen molar-refractivity contribution in [2.45, 2.75) is 45.6 Å². The van der Waals surface area contributed by atoms with Gasteiger partial charge in [-0.1, -0.05) is 26.7 Å². The van der Waals surface area contributed by atoms with Gasteiger partial charge in [0.05, 0.1) is 0 Å². The molecule has 0 aromatic carbocycles. The van der Waals surface area contributed by atoms with E-state index in [0.29, 0.717) is 6.04 Å². The van der Waals surface area contributed by atoms with Crippen molar-refractivity contribution >= 4 is 11.8 Å². The van der Waals surface area contributed by atoms with Crippen molar-refractivity contribution in [2.24, 2.45) is 0 Å². The first-order valence-corrected chi connectivity index (χ1v) is 4.44. The van der Waals surface area contributed by atoms with E-state index >= 15 is 0 Å². The summed E-state index contributed by atoms with van der Waals surface area (Å²) in [6.45, 7) is 4.39. The molecule has 0 aromatic rings. The largest absolute Gasteiger partial charge is 0.220 e. The molecule has 62 valence electrons. The van der Waals surface area contributed by atoms with Gasteiger partial charge in [-0.3, -0.25) is 0 Å². The van der Waals surface area contributed by atoms with Gasteiger partial charge in [-0.25, -0.2) is 4.42 Å². The van der Waals surface area contributed by atoms with Crippen molar-refractivity contribution in [3.05, 3.63) is 0 Å². The van der Waals surface area contributed by atoms with Crippen LogP contribution in [0.25, 0.3) is 0 Å². The van der Waals surface area contributed by atoms with Crippen molar-refractivity contribution in [1.29, 1.82) is 0 Å². The molecule has 0 aromatic heterocycles. The maximum Gasteiger partial charge on any atom is 0.0248 e. The molecule has 0 bridgehead atoms. The SMILES string of the molecule is CCCC(CCC)N(C)Cl. The summed E-state index contributed by atoms with van der Waals surface area (Å²) in [4.78, 5) is 0. The second-order valence-electron chi connectivity index (χ2n) is 2.76. The second-order valence-corrected chi connectivity index (χ2v) is 3.29. The maximum atomic E-state index is 5.83. The van der Waals surface area contributed by atoms with Crippen LogP contribution in [-0.4, -0.2) is 17.5 Å². The molecule has 10 heavy (non-hydrogen) atoms. The summed E-state index contributed by atoms with van der Waals surface area (Å²) in [5.41, 5.74) is 0. The van der Waals surface area contributed by atoms with Crippen LogP contribution in [0.5, 0.6) is 0 Å². The molecule has 0 N–H and O–H groups in total. The Morgan fingerprint density at radius 2 is 1.60 bits per heavy atom. The Morgan fingerprint density at radius 3 is 1.80 bits per heavy atom. The monoisotopic (exact) mass is 163 g/mol. The predicted octanol–water partition coefficient (Wildman–Crippen LogP) is 3.04. The highest BCUT2D eigenvalue weighted by Crippen LogP contribution is 2.12. The van der Waals surface area contributed by atoms with Gasteiger partial charge in [-0.15, -0.1) is 0 Å². The number of hydrogen-bond donors (Lipinski definition) is 0. The van der Waals surface area contributed by atoms with Crippen molar-refractivity contribution in [3.63, 3.8) is 0 Å². The van der Waals surface area contributed by atoms with Crippen LogP contribution in [0.1, 0.15) is 39.5 Å². The standard InChI is InChI=1S/C8H18ClN/c1-4-6-8(7-5-2)10(3)9/h8H,4-7H2,1-3H3. The summed E-state index contributed by atoms with van der Waals surface area (Å²) in [6.07, 6.45) is 4.88. The number of rotatable bonds is 5. The Labute approximate surface area is 69.5 Å². The number of hydrogen-bond acceptors (Lipinski definition) is 1. The molecule has 0 rings (SSSR count). The average Bonchev–Trinajstić information content (AvgIpc) is 1.87. The Bertz CT molecular complexity index is 67.7. The molecular formula is C8H18ClN. The molecule has 0 aliphatic rings. The fourth-order valence-electron chi connectivity index (χ4n) is 1.17. The van der Waals surface area contributed by atoms with E-state index in [1.54, 1.807) is 0 Å². The Morgan fingerprint density at radius 1 is 1.20 bits per heavy atom. The average molecular weight is 164 g/mol. The van der Waals surface area contributed by atoms with Gasteiger partial charge in [0.1, 0.15) is 0 Å². The highest BCUT2D eigenvalue weighted by Gasteiger charge is 2.09. The molecule has 0 unspecified atom stereocenters. The Kier molecular flexibility index (Phi) is 6.14.